The minimum atomic E-state index is -3.68. The van der Waals surface area contributed by atoms with E-state index in [2.05, 4.69) is 10.0 Å². The number of hydrogen-bond acceptors (Lipinski definition) is 5. The molecule has 0 atom stereocenters. The van der Waals surface area contributed by atoms with Crippen molar-refractivity contribution in [2.75, 3.05) is 11.9 Å². The molecule has 7 nitrogen and oxygen atoms in total. The molecule has 0 aliphatic rings. The summed E-state index contributed by atoms with van der Waals surface area (Å²) in [4.78, 5) is 23.4. The van der Waals surface area contributed by atoms with Crippen molar-refractivity contribution >= 4 is 39.0 Å². The van der Waals surface area contributed by atoms with Crippen LogP contribution in [0.5, 0.6) is 5.75 Å². The lowest BCUT2D eigenvalue weighted by Gasteiger charge is -2.12. The third-order valence-corrected chi connectivity index (χ3v) is 5.47. The zero-order valence-corrected chi connectivity index (χ0v) is 17.2. The zero-order valence-electron chi connectivity index (χ0n) is 15.7. The van der Waals surface area contributed by atoms with Gasteiger partial charge in [0.05, 0.1) is 9.92 Å². The van der Waals surface area contributed by atoms with Gasteiger partial charge in [0.1, 0.15) is 5.75 Å². The molecule has 0 radical (unpaired) electrons. The summed E-state index contributed by atoms with van der Waals surface area (Å²) in [5.41, 5.74) is 0.946. The van der Waals surface area contributed by atoms with E-state index in [0.717, 1.165) is 0 Å². The number of halogens is 1. The van der Waals surface area contributed by atoms with Gasteiger partial charge in [-0.1, -0.05) is 23.7 Å². The molecule has 2 N–H and O–H groups in total. The summed E-state index contributed by atoms with van der Waals surface area (Å²) in [5, 5.41) is 2.69. The van der Waals surface area contributed by atoms with Gasteiger partial charge < -0.3 is 10.1 Å². The van der Waals surface area contributed by atoms with E-state index in [4.69, 9.17) is 16.3 Å². The molecule has 0 unspecified atom stereocenters. The fourth-order valence-electron chi connectivity index (χ4n) is 2.30. The summed E-state index contributed by atoms with van der Waals surface area (Å²) in [5.74, 6) is -0.381. The lowest BCUT2D eigenvalue weighted by Crippen LogP contribution is -2.30. The molecule has 0 saturated carbocycles. The number of rotatable bonds is 8. The number of carbonyl (C=O) groups is 2. The van der Waals surface area contributed by atoms with Crippen LogP contribution in [0.15, 0.2) is 47.4 Å². The SMILES string of the molecule is CC(=O)c1cccc(NC(=O)COc2ccc(S(=O)(=O)NC(C)C)cc2Cl)c1. The average molecular weight is 425 g/mol. The van der Waals surface area contributed by atoms with Crippen molar-refractivity contribution in [3.05, 3.63) is 53.1 Å². The topological polar surface area (TPSA) is 102 Å². The van der Waals surface area contributed by atoms with Crippen LogP contribution in [0, 0.1) is 0 Å². The highest BCUT2D eigenvalue weighted by atomic mass is 35.5. The first-order valence-electron chi connectivity index (χ1n) is 8.44. The first kappa shape index (κ1) is 21.9. The lowest BCUT2D eigenvalue weighted by atomic mass is 10.1. The smallest absolute Gasteiger partial charge is 0.262 e. The van der Waals surface area contributed by atoms with Gasteiger partial charge in [-0.15, -0.1) is 0 Å². The second-order valence-electron chi connectivity index (χ2n) is 6.34. The predicted molar refractivity (Wildman–Crippen MR) is 107 cm³/mol. The fourth-order valence-corrected chi connectivity index (χ4v) is 3.88. The molecule has 2 rings (SSSR count). The lowest BCUT2D eigenvalue weighted by molar-refractivity contribution is -0.118. The molecule has 0 heterocycles. The number of amides is 1. The van der Waals surface area contributed by atoms with E-state index in [1.807, 2.05) is 0 Å². The molecule has 0 fully saturated rings. The highest BCUT2D eigenvalue weighted by Crippen LogP contribution is 2.27. The number of ketones is 1. The number of sulfonamides is 1. The Balaban J connectivity index is 2.02. The quantitative estimate of drug-likeness (QED) is 0.633. The summed E-state index contributed by atoms with van der Waals surface area (Å²) < 4.78 is 32.1. The van der Waals surface area contributed by atoms with Crippen LogP contribution in [0.4, 0.5) is 5.69 Å². The molecular formula is C19H21ClN2O5S. The van der Waals surface area contributed by atoms with Crippen LogP contribution in [0.3, 0.4) is 0 Å². The standard InChI is InChI=1S/C19H21ClN2O5S/c1-12(2)22-28(25,26)16-7-8-18(17(20)10-16)27-11-19(24)21-15-6-4-5-14(9-15)13(3)23/h4-10,12,22H,11H2,1-3H3,(H,21,24). The minimum absolute atomic E-state index is 0.00375. The largest absolute Gasteiger partial charge is 0.482 e. The van der Waals surface area contributed by atoms with Crippen molar-refractivity contribution in [3.63, 3.8) is 0 Å². The zero-order chi connectivity index (χ0) is 20.9. The van der Waals surface area contributed by atoms with E-state index in [-0.39, 0.29) is 34.1 Å². The van der Waals surface area contributed by atoms with Crippen LogP contribution in [0.2, 0.25) is 5.02 Å². The second-order valence-corrected chi connectivity index (χ2v) is 8.46. The van der Waals surface area contributed by atoms with Gasteiger partial charge in [-0.25, -0.2) is 13.1 Å². The average Bonchev–Trinajstić information content (AvgIpc) is 2.59. The van der Waals surface area contributed by atoms with Crippen molar-refractivity contribution in [2.45, 2.75) is 31.7 Å². The van der Waals surface area contributed by atoms with Crippen molar-refractivity contribution in [2.24, 2.45) is 0 Å². The Kier molecular flexibility index (Phi) is 7.17. The molecule has 0 aliphatic heterocycles. The number of benzene rings is 2. The van der Waals surface area contributed by atoms with E-state index in [1.165, 1.54) is 25.1 Å². The highest BCUT2D eigenvalue weighted by Gasteiger charge is 2.17. The summed E-state index contributed by atoms with van der Waals surface area (Å²) >= 11 is 6.08. The van der Waals surface area contributed by atoms with Gasteiger partial charge in [-0.2, -0.15) is 0 Å². The molecule has 0 aromatic heterocycles. The Labute approximate surface area is 169 Å². The maximum atomic E-state index is 12.2. The Hall–Kier alpha value is -2.42. The van der Waals surface area contributed by atoms with E-state index < -0.39 is 15.9 Å². The van der Waals surface area contributed by atoms with Crippen molar-refractivity contribution in [1.29, 1.82) is 0 Å². The maximum absolute atomic E-state index is 12.2. The maximum Gasteiger partial charge on any atom is 0.262 e. The van der Waals surface area contributed by atoms with Gasteiger partial charge in [-0.3, -0.25) is 9.59 Å². The van der Waals surface area contributed by atoms with Crippen molar-refractivity contribution < 1.29 is 22.7 Å². The molecule has 2 aromatic rings. The third-order valence-electron chi connectivity index (χ3n) is 3.52. The van der Waals surface area contributed by atoms with E-state index in [1.54, 1.807) is 38.1 Å². The van der Waals surface area contributed by atoms with Crippen LogP contribution in [0.1, 0.15) is 31.1 Å². The van der Waals surface area contributed by atoms with Crippen LogP contribution >= 0.6 is 11.6 Å². The summed E-state index contributed by atoms with van der Waals surface area (Å²) in [6.45, 7) is 4.52. The Morgan fingerprint density at radius 3 is 2.46 bits per heavy atom. The molecule has 28 heavy (non-hydrogen) atoms. The number of hydrogen-bond donors (Lipinski definition) is 2. The Morgan fingerprint density at radius 1 is 1.14 bits per heavy atom. The van der Waals surface area contributed by atoms with Gasteiger partial charge in [-0.05, 0) is 51.1 Å². The van der Waals surface area contributed by atoms with Crippen molar-refractivity contribution in [1.82, 2.24) is 4.72 Å². The predicted octanol–water partition coefficient (Wildman–Crippen LogP) is 3.25. The Bertz CT molecular complexity index is 990. The number of carbonyl (C=O) groups excluding carboxylic acids is 2. The number of Topliss-reactive ketones (excluding diaryl/α,β-unsaturated/α-hetero) is 1. The third kappa shape index (κ3) is 6.05. The monoisotopic (exact) mass is 424 g/mol. The molecule has 2 aromatic carbocycles. The normalized spacial score (nSPS) is 11.3. The first-order chi connectivity index (χ1) is 13.1. The number of ether oxygens (including phenoxy) is 1. The summed E-state index contributed by atoms with van der Waals surface area (Å²) in [6.07, 6.45) is 0. The van der Waals surface area contributed by atoms with Gasteiger partial charge >= 0.3 is 0 Å². The molecule has 0 aliphatic carbocycles. The number of nitrogens with one attached hydrogen (secondary N) is 2. The molecular weight excluding hydrogens is 404 g/mol. The van der Waals surface area contributed by atoms with E-state index >= 15 is 0 Å². The van der Waals surface area contributed by atoms with Crippen molar-refractivity contribution in [3.8, 4) is 5.75 Å². The van der Waals surface area contributed by atoms with E-state index in [9.17, 15) is 18.0 Å². The summed E-state index contributed by atoms with van der Waals surface area (Å²) in [7, 11) is -3.68. The molecule has 0 spiro atoms. The highest BCUT2D eigenvalue weighted by molar-refractivity contribution is 7.89. The van der Waals surface area contributed by atoms with Crippen LogP contribution in [-0.4, -0.2) is 32.8 Å². The van der Waals surface area contributed by atoms with Gasteiger partial charge in [0, 0.05) is 17.3 Å². The second kappa shape index (κ2) is 9.18. The molecule has 0 bridgehead atoms. The van der Waals surface area contributed by atoms with Gasteiger partial charge in [0.25, 0.3) is 5.91 Å². The van der Waals surface area contributed by atoms with Crippen LogP contribution < -0.4 is 14.8 Å². The van der Waals surface area contributed by atoms with Crippen LogP contribution in [-0.2, 0) is 14.8 Å². The summed E-state index contributed by atoms with van der Waals surface area (Å²) in [6, 6.07) is 10.3. The first-order valence-corrected chi connectivity index (χ1v) is 10.3. The number of anilines is 1. The Morgan fingerprint density at radius 2 is 1.86 bits per heavy atom. The molecule has 150 valence electrons. The molecule has 9 heteroatoms. The van der Waals surface area contributed by atoms with E-state index in [0.29, 0.717) is 11.3 Å². The minimum Gasteiger partial charge on any atom is -0.482 e. The van der Waals surface area contributed by atoms with Gasteiger partial charge in [0.15, 0.2) is 12.4 Å². The van der Waals surface area contributed by atoms with Crippen LogP contribution in [0.25, 0.3) is 0 Å². The fraction of sp³-hybridized carbons (Fsp3) is 0.263. The van der Waals surface area contributed by atoms with Gasteiger partial charge in [0.2, 0.25) is 10.0 Å². The molecule has 0 saturated heterocycles. The molecule has 1 amide bonds.